The molecule has 0 saturated carbocycles. The van der Waals surface area contributed by atoms with Crippen LogP contribution in [-0.2, 0) is 11.3 Å². The molecule has 0 aromatic heterocycles. The zero-order valence-electron chi connectivity index (χ0n) is 14.0. The largest absolute Gasteiger partial charge is 0.497 e. The third kappa shape index (κ3) is 5.42. The Bertz CT molecular complexity index is 628. The molecule has 0 bridgehead atoms. The van der Waals surface area contributed by atoms with E-state index in [2.05, 4.69) is 5.32 Å². The number of rotatable bonds is 7. The summed E-state index contributed by atoms with van der Waals surface area (Å²) in [6.45, 7) is 3.05. The number of hydrogen-bond donors (Lipinski definition) is 1. The van der Waals surface area contributed by atoms with Gasteiger partial charge in [-0.15, -0.1) is 0 Å². The third-order valence-corrected chi connectivity index (χ3v) is 3.68. The fourth-order valence-electron chi connectivity index (χ4n) is 2.50. The number of ether oxygens (including phenoxy) is 1. The Morgan fingerprint density at radius 3 is 2.61 bits per heavy atom. The molecule has 0 spiro atoms. The molecule has 0 heterocycles. The van der Waals surface area contributed by atoms with Gasteiger partial charge in [0, 0.05) is 6.54 Å². The van der Waals surface area contributed by atoms with E-state index in [4.69, 9.17) is 4.74 Å². The standard InChI is InChI=1S/C19H24N2O2/c1-15(17-9-5-4-6-10-17)20-19(22)14-21(2)13-16-8-7-11-18(12-16)23-3/h4-12,15H,13-14H2,1-3H3,(H,20,22)/t15-/m1/s1. The number of benzene rings is 2. The average Bonchev–Trinajstić information content (AvgIpc) is 2.55. The predicted molar refractivity (Wildman–Crippen MR) is 92.3 cm³/mol. The lowest BCUT2D eigenvalue weighted by atomic mass is 10.1. The van der Waals surface area contributed by atoms with Crippen molar-refractivity contribution in [3.05, 3.63) is 65.7 Å². The molecule has 0 aliphatic rings. The Morgan fingerprint density at radius 1 is 1.17 bits per heavy atom. The lowest BCUT2D eigenvalue weighted by molar-refractivity contribution is -0.122. The summed E-state index contributed by atoms with van der Waals surface area (Å²) < 4.78 is 5.22. The number of carbonyl (C=O) groups excluding carboxylic acids is 1. The molecule has 0 aliphatic heterocycles. The molecule has 0 saturated heterocycles. The van der Waals surface area contributed by atoms with Gasteiger partial charge in [-0.1, -0.05) is 42.5 Å². The Hall–Kier alpha value is -2.33. The predicted octanol–water partition coefficient (Wildman–Crippen LogP) is 3.00. The summed E-state index contributed by atoms with van der Waals surface area (Å²) in [6.07, 6.45) is 0. The van der Waals surface area contributed by atoms with Crippen LogP contribution in [0.3, 0.4) is 0 Å². The zero-order chi connectivity index (χ0) is 16.7. The number of hydrogen-bond acceptors (Lipinski definition) is 3. The van der Waals surface area contributed by atoms with Gasteiger partial charge in [-0.05, 0) is 37.2 Å². The summed E-state index contributed by atoms with van der Waals surface area (Å²) >= 11 is 0. The first kappa shape index (κ1) is 17.0. The summed E-state index contributed by atoms with van der Waals surface area (Å²) in [6, 6.07) is 17.9. The lowest BCUT2D eigenvalue weighted by Crippen LogP contribution is -2.36. The zero-order valence-corrected chi connectivity index (χ0v) is 14.0. The molecular weight excluding hydrogens is 288 g/mol. The molecule has 0 fully saturated rings. The van der Waals surface area contributed by atoms with E-state index in [1.54, 1.807) is 7.11 Å². The maximum Gasteiger partial charge on any atom is 0.234 e. The van der Waals surface area contributed by atoms with E-state index in [1.165, 1.54) is 0 Å². The second-order valence-electron chi connectivity index (χ2n) is 5.72. The van der Waals surface area contributed by atoms with Gasteiger partial charge >= 0.3 is 0 Å². The Labute approximate surface area is 138 Å². The molecule has 0 unspecified atom stereocenters. The Balaban J connectivity index is 1.84. The molecule has 4 nitrogen and oxygen atoms in total. The van der Waals surface area contributed by atoms with Gasteiger partial charge in [-0.2, -0.15) is 0 Å². The Kier molecular flexibility index (Phi) is 6.18. The lowest BCUT2D eigenvalue weighted by Gasteiger charge is -2.19. The first-order valence-electron chi connectivity index (χ1n) is 7.74. The first-order chi connectivity index (χ1) is 11.1. The van der Waals surface area contributed by atoms with Crippen LogP contribution in [0.1, 0.15) is 24.1 Å². The number of nitrogens with zero attached hydrogens (tertiary/aromatic N) is 1. The molecule has 1 atom stereocenters. The van der Waals surface area contributed by atoms with Gasteiger partial charge in [0.05, 0.1) is 19.7 Å². The van der Waals surface area contributed by atoms with E-state index in [1.807, 2.05) is 73.5 Å². The van der Waals surface area contributed by atoms with E-state index >= 15 is 0 Å². The van der Waals surface area contributed by atoms with Gasteiger partial charge in [-0.3, -0.25) is 9.69 Å². The van der Waals surface area contributed by atoms with Crippen LogP contribution in [-0.4, -0.2) is 31.5 Å². The van der Waals surface area contributed by atoms with Crippen molar-refractivity contribution in [1.29, 1.82) is 0 Å². The van der Waals surface area contributed by atoms with Crippen molar-refractivity contribution < 1.29 is 9.53 Å². The van der Waals surface area contributed by atoms with Crippen LogP contribution in [0.25, 0.3) is 0 Å². The minimum atomic E-state index is 0.00826. The highest BCUT2D eigenvalue weighted by atomic mass is 16.5. The van der Waals surface area contributed by atoms with Crippen LogP contribution < -0.4 is 10.1 Å². The van der Waals surface area contributed by atoms with Crippen molar-refractivity contribution in [1.82, 2.24) is 10.2 Å². The fraction of sp³-hybridized carbons (Fsp3) is 0.316. The van der Waals surface area contributed by atoms with Gasteiger partial charge in [-0.25, -0.2) is 0 Å². The number of methoxy groups -OCH3 is 1. The van der Waals surface area contributed by atoms with Gasteiger partial charge in [0.15, 0.2) is 0 Å². The smallest absolute Gasteiger partial charge is 0.234 e. The van der Waals surface area contributed by atoms with Crippen molar-refractivity contribution in [2.24, 2.45) is 0 Å². The van der Waals surface area contributed by atoms with Crippen molar-refractivity contribution in [2.45, 2.75) is 19.5 Å². The van der Waals surface area contributed by atoms with E-state index in [0.717, 1.165) is 16.9 Å². The van der Waals surface area contributed by atoms with Crippen LogP contribution in [0.15, 0.2) is 54.6 Å². The summed E-state index contributed by atoms with van der Waals surface area (Å²) in [7, 11) is 3.59. The van der Waals surface area contributed by atoms with Crippen LogP contribution in [0.5, 0.6) is 5.75 Å². The molecule has 122 valence electrons. The number of carbonyl (C=O) groups is 1. The van der Waals surface area contributed by atoms with Crippen molar-refractivity contribution in [3.63, 3.8) is 0 Å². The van der Waals surface area contributed by atoms with Crippen LogP contribution in [0.4, 0.5) is 0 Å². The van der Waals surface area contributed by atoms with E-state index in [9.17, 15) is 4.79 Å². The SMILES string of the molecule is COc1cccc(CN(C)CC(=O)N[C@H](C)c2ccccc2)c1. The van der Waals surface area contributed by atoms with E-state index < -0.39 is 0 Å². The summed E-state index contributed by atoms with van der Waals surface area (Å²) in [5.41, 5.74) is 2.23. The van der Waals surface area contributed by atoms with Gasteiger partial charge in [0.25, 0.3) is 0 Å². The summed E-state index contributed by atoms with van der Waals surface area (Å²) in [4.78, 5) is 14.2. The van der Waals surface area contributed by atoms with Crippen molar-refractivity contribution >= 4 is 5.91 Å². The maximum absolute atomic E-state index is 12.2. The first-order valence-corrected chi connectivity index (χ1v) is 7.74. The van der Waals surface area contributed by atoms with Crippen LogP contribution in [0, 0.1) is 0 Å². The quantitative estimate of drug-likeness (QED) is 0.854. The van der Waals surface area contributed by atoms with Crippen molar-refractivity contribution in [2.75, 3.05) is 20.7 Å². The maximum atomic E-state index is 12.2. The van der Waals surface area contributed by atoms with E-state index in [0.29, 0.717) is 13.1 Å². The van der Waals surface area contributed by atoms with Crippen LogP contribution in [0.2, 0.25) is 0 Å². The molecule has 4 heteroatoms. The summed E-state index contributed by atoms with van der Waals surface area (Å²) in [5, 5.41) is 3.03. The molecule has 1 N–H and O–H groups in total. The molecule has 0 radical (unpaired) electrons. The topological polar surface area (TPSA) is 41.6 Å². The Morgan fingerprint density at radius 2 is 1.91 bits per heavy atom. The average molecular weight is 312 g/mol. The normalized spacial score (nSPS) is 12.0. The van der Waals surface area contributed by atoms with Crippen LogP contribution >= 0.6 is 0 Å². The summed E-state index contributed by atoms with van der Waals surface area (Å²) in [5.74, 6) is 0.852. The molecular formula is C19H24N2O2. The molecule has 2 rings (SSSR count). The molecule has 0 aliphatic carbocycles. The minimum Gasteiger partial charge on any atom is -0.497 e. The third-order valence-electron chi connectivity index (χ3n) is 3.68. The molecule has 2 aromatic carbocycles. The second-order valence-corrected chi connectivity index (χ2v) is 5.72. The number of likely N-dealkylation sites (N-methyl/N-ethyl adjacent to an activating group) is 1. The molecule has 1 amide bonds. The monoisotopic (exact) mass is 312 g/mol. The number of nitrogens with one attached hydrogen (secondary N) is 1. The molecule has 2 aromatic rings. The van der Waals surface area contributed by atoms with Gasteiger partial charge in [0.1, 0.15) is 5.75 Å². The minimum absolute atomic E-state index is 0.00826. The molecule has 23 heavy (non-hydrogen) atoms. The van der Waals surface area contributed by atoms with Gasteiger partial charge in [0.2, 0.25) is 5.91 Å². The highest BCUT2D eigenvalue weighted by molar-refractivity contribution is 5.78. The highest BCUT2D eigenvalue weighted by Gasteiger charge is 2.11. The van der Waals surface area contributed by atoms with Gasteiger partial charge < -0.3 is 10.1 Å². The van der Waals surface area contributed by atoms with Crippen molar-refractivity contribution in [3.8, 4) is 5.75 Å². The second kappa shape index (κ2) is 8.34. The van der Waals surface area contributed by atoms with E-state index in [-0.39, 0.29) is 11.9 Å². The fourth-order valence-corrected chi connectivity index (χ4v) is 2.50. The highest BCUT2D eigenvalue weighted by Crippen LogP contribution is 2.14. The number of amides is 1.